The molecular weight excluding hydrogens is 733 g/mol. The van der Waals surface area contributed by atoms with Crippen LogP contribution in [0.2, 0.25) is 0 Å². The van der Waals surface area contributed by atoms with Gasteiger partial charge in [-0.2, -0.15) is 0 Å². The highest BCUT2D eigenvalue weighted by molar-refractivity contribution is 6.10. The first-order valence-corrected chi connectivity index (χ1v) is 23.2. The fraction of sp³-hybridized carbons (Fsp3) is 0.311. The molecule has 1 fully saturated rings. The minimum absolute atomic E-state index is 0.0509. The van der Waals surface area contributed by atoms with Crippen LogP contribution in [0.4, 0.5) is 0 Å². The molecule has 6 aliphatic carbocycles. The molecule has 13 rings (SSSR count). The molecule has 0 aromatic heterocycles. The van der Waals surface area contributed by atoms with Crippen molar-refractivity contribution in [3.63, 3.8) is 0 Å². The second kappa shape index (κ2) is 11.3. The second-order valence-corrected chi connectivity index (χ2v) is 22.0. The summed E-state index contributed by atoms with van der Waals surface area (Å²) >= 11 is 0. The summed E-state index contributed by atoms with van der Waals surface area (Å²) in [6.07, 6.45) is 11.3. The van der Waals surface area contributed by atoms with E-state index in [0.29, 0.717) is 0 Å². The van der Waals surface area contributed by atoms with E-state index in [0.717, 1.165) is 0 Å². The summed E-state index contributed by atoms with van der Waals surface area (Å²) in [5.74, 6) is 0. The molecule has 0 bridgehead atoms. The molecular formula is C61H56. The Labute approximate surface area is 362 Å². The quantitative estimate of drug-likeness (QED) is 0.164. The van der Waals surface area contributed by atoms with Crippen molar-refractivity contribution in [1.82, 2.24) is 0 Å². The Kier molecular flexibility index (Phi) is 6.72. The van der Waals surface area contributed by atoms with Gasteiger partial charge in [-0.15, -0.1) is 0 Å². The summed E-state index contributed by atoms with van der Waals surface area (Å²) in [5, 5.41) is 5.63. The summed E-state index contributed by atoms with van der Waals surface area (Å²) in [4.78, 5) is 0. The average molecular weight is 789 g/mol. The first kappa shape index (κ1) is 36.2. The van der Waals surface area contributed by atoms with Crippen LogP contribution in [0.3, 0.4) is 0 Å². The number of benzene rings is 7. The molecule has 0 saturated heterocycles. The van der Waals surface area contributed by atoms with Gasteiger partial charge < -0.3 is 0 Å². The number of allylic oxidation sites excluding steroid dienone is 4. The second-order valence-electron chi connectivity index (χ2n) is 22.0. The van der Waals surface area contributed by atoms with Gasteiger partial charge in [0.25, 0.3) is 0 Å². The molecule has 0 heteroatoms. The molecule has 1 saturated carbocycles. The first-order valence-electron chi connectivity index (χ1n) is 23.2. The fourth-order valence-corrected chi connectivity index (χ4v) is 14.3. The predicted octanol–water partition coefficient (Wildman–Crippen LogP) is 16.3. The number of fused-ring (bicyclic) bond motifs is 10. The Hall–Kier alpha value is -5.46. The van der Waals surface area contributed by atoms with E-state index in [9.17, 15) is 0 Å². The monoisotopic (exact) mass is 788 g/mol. The Morgan fingerprint density at radius 2 is 1.02 bits per heavy atom. The summed E-state index contributed by atoms with van der Waals surface area (Å²) in [6.45, 7) is 22.0. The molecule has 1 spiro atoms. The van der Waals surface area contributed by atoms with E-state index in [1.807, 2.05) is 0 Å². The zero-order valence-corrected chi connectivity index (χ0v) is 37.5. The molecule has 0 radical (unpaired) electrons. The van der Waals surface area contributed by atoms with Crippen molar-refractivity contribution in [3.8, 4) is 33.4 Å². The Morgan fingerprint density at radius 3 is 1.79 bits per heavy atom. The first-order chi connectivity index (χ1) is 29.2. The molecule has 0 nitrogen and oxygen atoms in total. The standard InChI is InChI=1S/C61H56/c1-34-28-50-56-54-38(34)18-15-19-45(54)59(6,7)51-30-37(31-52(55(51)56)60(50,8)9)44-25-24-43(57(44,2)3)36-20-22-40-41-32-47-42(33-49(41)61(48(40)29-36)26-13-10-14-27-61)53-39-17-12-11-16-35(39)21-23-46(53)58(47,4)5/h11-12,15-25,28-33H,10,13-14,26-27H2,1-9H3. The molecule has 0 atom stereocenters. The van der Waals surface area contributed by atoms with E-state index in [1.165, 1.54) is 148 Å². The van der Waals surface area contributed by atoms with Gasteiger partial charge >= 0.3 is 0 Å². The van der Waals surface area contributed by atoms with E-state index in [-0.39, 0.29) is 27.1 Å². The lowest BCUT2D eigenvalue weighted by Gasteiger charge is -2.37. The third-order valence-electron chi connectivity index (χ3n) is 17.6. The SMILES string of the molecule is Cc1cc2c3c4c(cccc14)C(C)(C)c1cc(C4=CC=C(c5ccc6c(c5)C5(CCCCC5)c5cc7c(cc5-6)C(C)(C)c5ccc6ccccc6c5-7)C4(C)C)cc(c1-3)C2(C)C. The molecule has 0 heterocycles. The lowest BCUT2D eigenvalue weighted by Crippen LogP contribution is -2.28. The predicted molar refractivity (Wildman–Crippen MR) is 259 cm³/mol. The lowest BCUT2D eigenvalue weighted by atomic mass is 9.66. The van der Waals surface area contributed by atoms with Gasteiger partial charge in [-0.05, 0) is 177 Å². The molecule has 7 aromatic rings. The zero-order chi connectivity index (χ0) is 41.7. The van der Waals surface area contributed by atoms with Gasteiger partial charge in [0.15, 0.2) is 0 Å². The van der Waals surface area contributed by atoms with Gasteiger partial charge in [-0.1, -0.05) is 160 Å². The Morgan fingerprint density at radius 1 is 0.393 bits per heavy atom. The number of rotatable bonds is 2. The maximum atomic E-state index is 2.68. The maximum absolute atomic E-state index is 2.68. The minimum Gasteiger partial charge on any atom is -0.0616 e. The molecule has 0 amide bonds. The average Bonchev–Trinajstić information content (AvgIpc) is 3.86. The van der Waals surface area contributed by atoms with Crippen LogP contribution in [0.5, 0.6) is 0 Å². The van der Waals surface area contributed by atoms with Crippen LogP contribution < -0.4 is 0 Å². The van der Waals surface area contributed by atoms with E-state index >= 15 is 0 Å². The van der Waals surface area contributed by atoms with Crippen LogP contribution in [0.1, 0.15) is 149 Å². The molecule has 0 N–H and O–H groups in total. The summed E-state index contributed by atoms with van der Waals surface area (Å²) in [5.41, 5.74) is 27.7. The van der Waals surface area contributed by atoms with Crippen molar-refractivity contribution in [2.45, 2.75) is 116 Å². The third-order valence-corrected chi connectivity index (χ3v) is 17.6. The fourth-order valence-electron chi connectivity index (χ4n) is 14.3. The van der Waals surface area contributed by atoms with E-state index in [4.69, 9.17) is 0 Å². The van der Waals surface area contributed by atoms with Crippen LogP contribution in [-0.2, 0) is 21.7 Å². The highest BCUT2D eigenvalue weighted by Crippen LogP contribution is 2.64. The van der Waals surface area contributed by atoms with Gasteiger partial charge in [-0.25, -0.2) is 0 Å². The molecule has 7 aromatic carbocycles. The Balaban J connectivity index is 0.930. The van der Waals surface area contributed by atoms with Crippen molar-refractivity contribution in [2.75, 3.05) is 0 Å². The van der Waals surface area contributed by atoms with Gasteiger partial charge in [0.2, 0.25) is 0 Å². The highest BCUT2D eigenvalue weighted by Gasteiger charge is 2.49. The van der Waals surface area contributed by atoms with Crippen LogP contribution >= 0.6 is 0 Å². The van der Waals surface area contributed by atoms with Crippen molar-refractivity contribution in [1.29, 1.82) is 0 Å². The van der Waals surface area contributed by atoms with Gasteiger partial charge in [0, 0.05) is 27.1 Å². The zero-order valence-electron chi connectivity index (χ0n) is 37.5. The topological polar surface area (TPSA) is 0 Å². The van der Waals surface area contributed by atoms with E-state index in [1.54, 1.807) is 11.1 Å². The number of aryl methyl sites for hydroxylation is 1. The van der Waals surface area contributed by atoms with Gasteiger partial charge in [0.1, 0.15) is 0 Å². The number of hydrogen-bond donors (Lipinski definition) is 0. The third kappa shape index (κ3) is 4.24. The summed E-state index contributed by atoms with van der Waals surface area (Å²) < 4.78 is 0. The molecule has 0 aliphatic heterocycles. The van der Waals surface area contributed by atoms with E-state index < -0.39 is 0 Å². The molecule has 0 unspecified atom stereocenters. The smallest absolute Gasteiger partial charge is 0.0215 e. The molecule has 6 aliphatic rings. The van der Waals surface area contributed by atoms with Crippen molar-refractivity contribution >= 4 is 32.7 Å². The minimum atomic E-state index is -0.160. The van der Waals surface area contributed by atoms with Crippen LogP contribution in [0.25, 0.3) is 66.1 Å². The van der Waals surface area contributed by atoms with E-state index in [2.05, 4.69) is 178 Å². The normalized spacial score (nSPS) is 20.4. The van der Waals surface area contributed by atoms with Crippen LogP contribution in [0.15, 0.2) is 115 Å². The molecule has 300 valence electrons. The van der Waals surface area contributed by atoms with Crippen molar-refractivity contribution in [2.24, 2.45) is 5.41 Å². The largest absolute Gasteiger partial charge is 0.0616 e. The van der Waals surface area contributed by atoms with Crippen LogP contribution in [0, 0.1) is 12.3 Å². The molecule has 61 heavy (non-hydrogen) atoms. The van der Waals surface area contributed by atoms with Gasteiger partial charge in [0.05, 0.1) is 0 Å². The van der Waals surface area contributed by atoms with Crippen molar-refractivity contribution in [3.05, 3.63) is 176 Å². The van der Waals surface area contributed by atoms with Crippen LogP contribution in [-0.4, -0.2) is 0 Å². The number of hydrogen-bond acceptors (Lipinski definition) is 0. The highest BCUT2D eigenvalue weighted by atomic mass is 14.5. The summed E-state index contributed by atoms with van der Waals surface area (Å²) in [7, 11) is 0. The summed E-state index contributed by atoms with van der Waals surface area (Å²) in [6, 6.07) is 41.4. The Bertz CT molecular complexity index is 3270. The lowest BCUT2D eigenvalue weighted by molar-refractivity contribution is 0.353. The van der Waals surface area contributed by atoms with Gasteiger partial charge in [-0.3, -0.25) is 0 Å². The maximum Gasteiger partial charge on any atom is 0.0215 e. The van der Waals surface area contributed by atoms with Crippen molar-refractivity contribution < 1.29 is 0 Å².